The van der Waals surface area contributed by atoms with E-state index in [0.29, 0.717) is 36.9 Å². The predicted octanol–water partition coefficient (Wildman–Crippen LogP) is 5.22. The van der Waals surface area contributed by atoms with E-state index in [-0.39, 0.29) is 44.1 Å². The Labute approximate surface area is 381 Å². The SMILES string of the molecule is CC(=O)OC[C@H](COP(=O)([O-])OCC[N+](C)(C)C)OC(=O)/C=C/CCCCC[C@@H]1O[C@]2(CCCCCCCCCCCCCCOC[C@H](CO)NS(=O)(=O)O)CC[C@@H](OC(C)=O)[C@H]1O2. The van der Waals surface area contributed by atoms with Gasteiger partial charge in [0, 0.05) is 39.4 Å². The van der Waals surface area contributed by atoms with Crippen LogP contribution in [0.3, 0.4) is 0 Å². The maximum Gasteiger partial charge on any atom is 0.333 e. The number of nitrogens with one attached hydrogen (secondary N) is 1. The number of quaternary nitrogens is 1. The molecule has 7 atom stereocenters. The van der Waals surface area contributed by atoms with Crippen LogP contribution >= 0.6 is 7.82 Å². The molecule has 3 N–H and O–H groups in total. The minimum absolute atomic E-state index is 0.00608. The van der Waals surface area contributed by atoms with E-state index >= 15 is 0 Å². The molecular formula is C43H79N2O17PS. The maximum atomic E-state index is 12.5. The smallest absolute Gasteiger partial charge is 0.333 e. The van der Waals surface area contributed by atoms with Crippen molar-refractivity contribution in [2.24, 2.45) is 0 Å². The van der Waals surface area contributed by atoms with Crippen molar-refractivity contribution < 1.29 is 83.9 Å². The summed E-state index contributed by atoms with van der Waals surface area (Å²) in [6, 6.07) is -0.858. The molecule has 1 unspecified atom stereocenters. The lowest BCUT2D eigenvalue weighted by Crippen LogP contribution is -2.43. The molecular weight excluding hydrogens is 880 g/mol. The van der Waals surface area contributed by atoms with Crippen molar-refractivity contribution in [3.05, 3.63) is 12.2 Å². The fraction of sp³-hybridized carbons (Fsp3) is 0.884. The van der Waals surface area contributed by atoms with Crippen LogP contribution in [0.1, 0.15) is 142 Å². The highest BCUT2D eigenvalue weighted by molar-refractivity contribution is 7.83. The minimum Gasteiger partial charge on any atom is -0.756 e. The Morgan fingerprint density at radius 3 is 2.08 bits per heavy atom. The van der Waals surface area contributed by atoms with Crippen LogP contribution in [0, 0.1) is 0 Å². The number of phosphoric acid groups is 1. The van der Waals surface area contributed by atoms with Gasteiger partial charge in [-0.25, -0.2) is 4.79 Å². The third-order valence-electron chi connectivity index (χ3n) is 10.8. The minimum atomic E-state index is -4.68. The second-order valence-electron chi connectivity index (χ2n) is 17.9. The summed E-state index contributed by atoms with van der Waals surface area (Å²) in [5, 5.41) is 9.16. The van der Waals surface area contributed by atoms with Crippen LogP contribution in [0.25, 0.3) is 0 Å². The highest BCUT2D eigenvalue weighted by atomic mass is 32.2. The highest BCUT2D eigenvalue weighted by Gasteiger charge is 2.54. The first-order valence-electron chi connectivity index (χ1n) is 23.1. The summed E-state index contributed by atoms with van der Waals surface area (Å²) in [5.41, 5.74) is 0. The van der Waals surface area contributed by atoms with Gasteiger partial charge in [0.2, 0.25) is 0 Å². The quantitative estimate of drug-likeness (QED) is 0.0136. The number of phosphoric ester groups is 1. The molecule has 2 aliphatic heterocycles. The fourth-order valence-corrected chi connectivity index (χ4v) is 8.81. The third-order valence-corrected chi connectivity index (χ3v) is 12.4. The van der Waals surface area contributed by atoms with Gasteiger partial charge in [-0.1, -0.05) is 83.1 Å². The van der Waals surface area contributed by atoms with Crippen molar-refractivity contribution in [2.75, 3.05) is 67.3 Å². The van der Waals surface area contributed by atoms with Gasteiger partial charge in [-0.05, 0) is 38.5 Å². The lowest BCUT2D eigenvalue weighted by atomic mass is 9.94. The van der Waals surface area contributed by atoms with Crippen molar-refractivity contribution >= 4 is 36.0 Å². The monoisotopic (exact) mass is 958 g/mol. The number of allylic oxidation sites excluding steroid dienone is 1. The van der Waals surface area contributed by atoms with Crippen molar-refractivity contribution in [2.45, 2.75) is 179 Å². The largest absolute Gasteiger partial charge is 0.756 e. The van der Waals surface area contributed by atoms with E-state index in [1.807, 2.05) is 25.9 Å². The number of fused-ring (bicyclic) bond motifs is 2. The number of esters is 3. The molecule has 0 saturated carbocycles. The molecule has 2 aliphatic rings. The van der Waals surface area contributed by atoms with E-state index in [0.717, 1.165) is 77.0 Å². The number of ether oxygens (including phenoxy) is 6. The average molecular weight is 959 g/mol. The first kappa shape index (κ1) is 58.1. The Balaban J connectivity index is 1.63. The molecule has 2 bridgehead atoms. The zero-order valence-corrected chi connectivity index (χ0v) is 40.7. The average Bonchev–Trinajstić information content (AvgIpc) is 3.49. The molecule has 2 rings (SSSR count). The molecule has 64 heavy (non-hydrogen) atoms. The topological polar surface area (TPSA) is 252 Å². The molecule has 0 radical (unpaired) electrons. The number of hydrogen-bond acceptors (Lipinski definition) is 16. The first-order chi connectivity index (χ1) is 30.2. The van der Waals surface area contributed by atoms with Gasteiger partial charge in [0.1, 0.15) is 32.0 Å². The van der Waals surface area contributed by atoms with Crippen LogP contribution in [0.5, 0.6) is 0 Å². The van der Waals surface area contributed by atoms with Gasteiger partial charge in [0.15, 0.2) is 11.9 Å². The lowest BCUT2D eigenvalue weighted by Gasteiger charge is -2.35. The summed E-state index contributed by atoms with van der Waals surface area (Å²) in [4.78, 5) is 47.9. The van der Waals surface area contributed by atoms with Crippen molar-refractivity contribution in [3.8, 4) is 0 Å². The Hall–Kier alpha value is -2.07. The van der Waals surface area contributed by atoms with Gasteiger partial charge in [0.05, 0.1) is 53.1 Å². The molecule has 0 aliphatic carbocycles. The number of aliphatic hydroxyl groups excluding tert-OH is 1. The summed E-state index contributed by atoms with van der Waals surface area (Å²) in [5.74, 6) is -2.33. The molecule has 0 aromatic carbocycles. The number of carbonyl (C=O) groups excluding carboxylic acids is 3. The van der Waals surface area contributed by atoms with Crippen LogP contribution < -0.4 is 9.62 Å². The van der Waals surface area contributed by atoms with Crippen LogP contribution in [0.4, 0.5) is 0 Å². The summed E-state index contributed by atoms with van der Waals surface area (Å²) >= 11 is 0. The van der Waals surface area contributed by atoms with Gasteiger partial charge in [-0.2, -0.15) is 13.1 Å². The van der Waals surface area contributed by atoms with Crippen LogP contribution in [-0.4, -0.2) is 144 Å². The van der Waals surface area contributed by atoms with Gasteiger partial charge in [-0.15, -0.1) is 0 Å². The van der Waals surface area contributed by atoms with Crippen molar-refractivity contribution in [1.29, 1.82) is 0 Å². The molecule has 0 aromatic heterocycles. The fourth-order valence-electron chi connectivity index (χ4n) is 7.52. The van der Waals surface area contributed by atoms with Gasteiger partial charge in [0.25, 0.3) is 7.82 Å². The standard InChI is InChI=1S/C43H79N2O17PS/c1-35(47)56-33-38(34-58-63(50,51)57-30-28-45(3,4)5)60-41(49)24-20-16-14-15-19-23-40-42-39(59-36(2)48)25-27-43(61-40,62-42)26-21-17-12-10-8-6-7-9-11-13-18-22-29-55-32-37(31-46)44-64(52,53)54/h20,24,37-40,42,44,46H,6-19,21-23,25-34H2,1-5H3,(H-,50,51,52,53,54)/b24-20+/t37-,38+,39+,40-,42+,43-/m0/s1. The molecule has 2 fully saturated rings. The Morgan fingerprint density at radius 1 is 0.859 bits per heavy atom. The van der Waals surface area contributed by atoms with E-state index in [4.69, 9.17) is 47.1 Å². The second kappa shape index (κ2) is 31.1. The van der Waals surface area contributed by atoms with E-state index in [9.17, 15) is 32.3 Å². The summed E-state index contributed by atoms with van der Waals surface area (Å²) in [7, 11) is -3.40. The number of aliphatic hydroxyl groups is 1. The van der Waals surface area contributed by atoms with Gasteiger partial charge in [-0.3, -0.25) is 18.7 Å². The Kier molecular flexibility index (Phi) is 28.2. The molecule has 0 spiro atoms. The van der Waals surface area contributed by atoms with Gasteiger partial charge < -0.3 is 52.0 Å². The van der Waals surface area contributed by atoms with Gasteiger partial charge >= 0.3 is 28.2 Å². The van der Waals surface area contributed by atoms with Crippen molar-refractivity contribution in [3.63, 3.8) is 0 Å². The molecule has 21 heteroatoms. The zero-order chi connectivity index (χ0) is 47.5. The third kappa shape index (κ3) is 28.2. The molecule has 0 aromatic rings. The number of rotatable bonds is 38. The normalized spacial score (nSPS) is 22.0. The molecule has 2 saturated heterocycles. The predicted molar refractivity (Wildman–Crippen MR) is 235 cm³/mol. The zero-order valence-electron chi connectivity index (χ0n) is 39.0. The van der Waals surface area contributed by atoms with Crippen LogP contribution in [0.15, 0.2) is 12.2 Å². The molecule has 0 amide bonds. The van der Waals surface area contributed by atoms with E-state index < -0.39 is 61.2 Å². The number of carbonyl (C=O) groups is 3. The summed E-state index contributed by atoms with van der Waals surface area (Å²) < 4.78 is 89.3. The first-order valence-corrected chi connectivity index (χ1v) is 26.0. The second-order valence-corrected chi connectivity index (χ2v) is 20.5. The number of likely N-dealkylation sites (N-methyl/N-ethyl adjacent to an activating group) is 1. The summed E-state index contributed by atoms with van der Waals surface area (Å²) in [6.07, 6.45) is 20.4. The molecule has 19 nitrogen and oxygen atoms in total. The molecule has 374 valence electrons. The Bertz CT molecular complexity index is 1530. The van der Waals surface area contributed by atoms with E-state index in [2.05, 4.69) is 0 Å². The summed E-state index contributed by atoms with van der Waals surface area (Å²) in [6.45, 7) is 2.01. The van der Waals surface area contributed by atoms with Crippen LogP contribution in [-0.2, 0) is 66.7 Å². The lowest BCUT2D eigenvalue weighted by molar-refractivity contribution is -0.870. The van der Waals surface area contributed by atoms with Crippen LogP contribution in [0.2, 0.25) is 0 Å². The number of unbranched alkanes of at least 4 members (excludes halogenated alkanes) is 14. The number of hydrogen-bond donors (Lipinski definition) is 3. The van der Waals surface area contributed by atoms with E-state index in [1.165, 1.54) is 52.0 Å². The maximum absolute atomic E-state index is 12.5. The Morgan fingerprint density at radius 2 is 1.48 bits per heavy atom. The van der Waals surface area contributed by atoms with E-state index in [1.54, 1.807) is 6.08 Å². The van der Waals surface area contributed by atoms with Crippen molar-refractivity contribution in [1.82, 2.24) is 4.72 Å². The molecule has 2 heterocycles. The highest BCUT2D eigenvalue weighted by Crippen LogP contribution is 2.45. The number of nitrogens with zero attached hydrogens (tertiary/aromatic N) is 1.